The summed E-state index contributed by atoms with van der Waals surface area (Å²) in [5.41, 5.74) is 6.62. The Bertz CT molecular complexity index is 243. The molecule has 2 fully saturated rings. The highest BCUT2D eigenvalue weighted by atomic mass is 16.5. The Morgan fingerprint density at radius 1 is 1.44 bits per heavy atom. The molecule has 2 heteroatoms. The predicted octanol–water partition coefficient (Wildman–Crippen LogP) is 3.10. The van der Waals surface area contributed by atoms with Crippen molar-refractivity contribution in [3.63, 3.8) is 0 Å². The van der Waals surface area contributed by atoms with Crippen molar-refractivity contribution >= 4 is 0 Å². The van der Waals surface area contributed by atoms with Gasteiger partial charge in [-0.1, -0.05) is 13.8 Å². The van der Waals surface area contributed by atoms with E-state index in [1.54, 1.807) is 0 Å². The minimum Gasteiger partial charge on any atom is -0.375 e. The highest BCUT2D eigenvalue weighted by Crippen LogP contribution is 2.49. The van der Waals surface area contributed by atoms with E-state index in [1.807, 2.05) is 0 Å². The van der Waals surface area contributed by atoms with E-state index in [-0.39, 0.29) is 5.60 Å². The molecule has 2 atom stereocenters. The molecule has 1 saturated carbocycles. The van der Waals surface area contributed by atoms with E-state index in [4.69, 9.17) is 10.5 Å². The van der Waals surface area contributed by atoms with Crippen LogP contribution in [0.3, 0.4) is 0 Å². The van der Waals surface area contributed by atoms with Gasteiger partial charge in [0.05, 0.1) is 5.60 Å². The fraction of sp³-hybridized carbons (Fsp3) is 1.00. The molecule has 1 heterocycles. The van der Waals surface area contributed by atoms with Crippen LogP contribution in [0.2, 0.25) is 0 Å². The van der Waals surface area contributed by atoms with Gasteiger partial charge in [0.15, 0.2) is 0 Å². The van der Waals surface area contributed by atoms with Crippen molar-refractivity contribution in [1.82, 2.24) is 0 Å². The van der Waals surface area contributed by atoms with Gasteiger partial charge in [-0.25, -0.2) is 0 Å². The zero-order valence-corrected chi connectivity index (χ0v) is 11.1. The molecule has 2 nitrogen and oxygen atoms in total. The van der Waals surface area contributed by atoms with Gasteiger partial charge in [-0.3, -0.25) is 0 Å². The first-order valence-electron chi connectivity index (χ1n) is 6.83. The Labute approximate surface area is 99.9 Å². The van der Waals surface area contributed by atoms with Gasteiger partial charge >= 0.3 is 0 Å². The Kier molecular flexibility index (Phi) is 3.33. The summed E-state index contributed by atoms with van der Waals surface area (Å²) in [6.45, 7) is 7.87. The highest BCUT2D eigenvalue weighted by Gasteiger charge is 2.46. The van der Waals surface area contributed by atoms with E-state index in [9.17, 15) is 0 Å². The smallest absolute Gasteiger partial charge is 0.0685 e. The fourth-order valence-corrected chi connectivity index (χ4v) is 3.61. The SMILES string of the molecule is CC(N)CC(C)(C)C1CCOC2(CCC2)C1. The first-order chi connectivity index (χ1) is 7.44. The first kappa shape index (κ1) is 12.4. The second-order valence-corrected chi connectivity index (χ2v) is 6.74. The Morgan fingerprint density at radius 2 is 2.12 bits per heavy atom. The molecule has 0 aromatic heterocycles. The Balaban J connectivity index is 1.97. The molecule has 16 heavy (non-hydrogen) atoms. The molecule has 1 aliphatic carbocycles. The van der Waals surface area contributed by atoms with Crippen molar-refractivity contribution < 1.29 is 4.74 Å². The average molecular weight is 225 g/mol. The summed E-state index contributed by atoms with van der Waals surface area (Å²) < 4.78 is 6.00. The van der Waals surface area contributed by atoms with Crippen LogP contribution in [0.15, 0.2) is 0 Å². The maximum Gasteiger partial charge on any atom is 0.0685 e. The summed E-state index contributed by atoms with van der Waals surface area (Å²) >= 11 is 0. The standard InChI is InChI=1S/C14H27NO/c1-11(15)9-13(2,3)12-5-8-16-14(10-12)6-4-7-14/h11-12H,4-10,15H2,1-3H3. The van der Waals surface area contributed by atoms with Crippen molar-refractivity contribution in [2.24, 2.45) is 17.1 Å². The maximum absolute atomic E-state index is 6.00. The van der Waals surface area contributed by atoms with Gasteiger partial charge in [-0.2, -0.15) is 0 Å². The normalized spacial score (nSPS) is 31.1. The highest BCUT2D eigenvalue weighted by molar-refractivity contribution is 4.97. The van der Waals surface area contributed by atoms with Gasteiger partial charge in [0.2, 0.25) is 0 Å². The van der Waals surface area contributed by atoms with Crippen LogP contribution in [0, 0.1) is 11.3 Å². The molecule has 0 bridgehead atoms. The maximum atomic E-state index is 6.00. The summed E-state index contributed by atoms with van der Waals surface area (Å²) in [6, 6.07) is 0.315. The van der Waals surface area contributed by atoms with Gasteiger partial charge in [0.25, 0.3) is 0 Å². The van der Waals surface area contributed by atoms with Crippen molar-refractivity contribution in [3.05, 3.63) is 0 Å². The lowest BCUT2D eigenvalue weighted by Gasteiger charge is -2.51. The molecule has 2 aliphatic rings. The summed E-state index contributed by atoms with van der Waals surface area (Å²) in [4.78, 5) is 0. The van der Waals surface area contributed by atoms with E-state index in [0.29, 0.717) is 11.5 Å². The molecule has 1 spiro atoms. The molecular formula is C14H27NO. The second kappa shape index (κ2) is 4.30. The molecule has 94 valence electrons. The largest absolute Gasteiger partial charge is 0.375 e. The molecule has 1 saturated heterocycles. The zero-order chi connectivity index (χ0) is 11.8. The van der Waals surface area contributed by atoms with E-state index < -0.39 is 0 Å². The predicted molar refractivity (Wildman–Crippen MR) is 67.3 cm³/mol. The number of nitrogens with two attached hydrogens (primary N) is 1. The van der Waals surface area contributed by atoms with Gasteiger partial charge in [0, 0.05) is 12.6 Å². The summed E-state index contributed by atoms with van der Waals surface area (Å²) in [6.07, 6.45) is 7.57. The van der Waals surface area contributed by atoms with Crippen molar-refractivity contribution in [3.8, 4) is 0 Å². The van der Waals surface area contributed by atoms with Crippen molar-refractivity contribution in [1.29, 1.82) is 0 Å². The molecule has 0 aromatic rings. The van der Waals surface area contributed by atoms with Crippen LogP contribution in [0.1, 0.15) is 59.3 Å². The van der Waals surface area contributed by atoms with Crippen LogP contribution in [-0.4, -0.2) is 18.2 Å². The van der Waals surface area contributed by atoms with Crippen molar-refractivity contribution in [2.45, 2.75) is 70.9 Å². The topological polar surface area (TPSA) is 35.2 Å². The van der Waals surface area contributed by atoms with Gasteiger partial charge in [-0.15, -0.1) is 0 Å². The number of hydrogen-bond donors (Lipinski definition) is 1. The monoisotopic (exact) mass is 225 g/mol. The van der Waals surface area contributed by atoms with Crippen LogP contribution >= 0.6 is 0 Å². The molecular weight excluding hydrogens is 198 g/mol. The van der Waals surface area contributed by atoms with Crippen LogP contribution in [-0.2, 0) is 4.74 Å². The minimum absolute atomic E-state index is 0.276. The van der Waals surface area contributed by atoms with Crippen molar-refractivity contribution in [2.75, 3.05) is 6.61 Å². The molecule has 2 N–H and O–H groups in total. The molecule has 0 radical (unpaired) electrons. The van der Waals surface area contributed by atoms with Crippen LogP contribution in [0.5, 0.6) is 0 Å². The zero-order valence-electron chi connectivity index (χ0n) is 11.1. The second-order valence-electron chi connectivity index (χ2n) is 6.74. The fourth-order valence-electron chi connectivity index (χ4n) is 3.61. The Hall–Kier alpha value is -0.0800. The Morgan fingerprint density at radius 3 is 2.62 bits per heavy atom. The number of ether oxygens (including phenoxy) is 1. The van der Waals surface area contributed by atoms with Crippen LogP contribution in [0.25, 0.3) is 0 Å². The average Bonchev–Trinajstić information content (AvgIpc) is 2.14. The third-order valence-corrected chi connectivity index (χ3v) is 4.71. The summed E-state index contributed by atoms with van der Waals surface area (Å²) in [5, 5.41) is 0. The summed E-state index contributed by atoms with van der Waals surface area (Å²) in [7, 11) is 0. The lowest BCUT2D eigenvalue weighted by atomic mass is 9.63. The molecule has 0 aromatic carbocycles. The van der Waals surface area contributed by atoms with Gasteiger partial charge in [-0.05, 0) is 56.8 Å². The molecule has 2 rings (SSSR count). The van der Waals surface area contributed by atoms with Gasteiger partial charge < -0.3 is 10.5 Å². The molecule has 0 amide bonds. The van der Waals surface area contributed by atoms with E-state index in [1.165, 1.54) is 32.1 Å². The van der Waals surface area contributed by atoms with Crippen LogP contribution < -0.4 is 5.73 Å². The summed E-state index contributed by atoms with van der Waals surface area (Å²) in [5.74, 6) is 0.799. The van der Waals surface area contributed by atoms with E-state index in [2.05, 4.69) is 20.8 Å². The molecule has 1 aliphatic heterocycles. The van der Waals surface area contributed by atoms with E-state index in [0.717, 1.165) is 18.9 Å². The van der Waals surface area contributed by atoms with Crippen LogP contribution in [0.4, 0.5) is 0 Å². The van der Waals surface area contributed by atoms with Gasteiger partial charge in [0.1, 0.15) is 0 Å². The lowest BCUT2D eigenvalue weighted by Crippen LogP contribution is -2.49. The minimum atomic E-state index is 0.276. The number of rotatable bonds is 3. The van der Waals surface area contributed by atoms with E-state index >= 15 is 0 Å². The lowest BCUT2D eigenvalue weighted by molar-refractivity contribution is -0.158. The third-order valence-electron chi connectivity index (χ3n) is 4.71. The molecule has 2 unspecified atom stereocenters. The third kappa shape index (κ3) is 2.43. The quantitative estimate of drug-likeness (QED) is 0.801. The number of hydrogen-bond acceptors (Lipinski definition) is 2. The first-order valence-corrected chi connectivity index (χ1v) is 6.83.